The van der Waals surface area contributed by atoms with Crippen molar-refractivity contribution < 1.29 is 4.57 Å². The first kappa shape index (κ1) is 24.4. The summed E-state index contributed by atoms with van der Waals surface area (Å²) in [5.41, 5.74) is 3.86. The number of hydrogen-bond donors (Lipinski definition) is 0. The minimum Gasteiger partial charge on any atom is -0.309 e. The van der Waals surface area contributed by atoms with E-state index >= 15 is 4.57 Å². The standard InChI is InChI=1S/C39H25N2OP/c42-43(30-19-17-26-9-1-3-11-28(26)23-30,31-20-18-27-10-2-4-12-29(27)24-31)32-21-22-38-36(25-32)40-39-35-15-6-5-13-33(35)34-14-7-8-16-37(34)41(38)39/h1-25H. The molecule has 0 aliphatic heterocycles. The van der Waals surface area contributed by atoms with Crippen LogP contribution in [0.4, 0.5) is 0 Å². The molecule has 2 aromatic heterocycles. The van der Waals surface area contributed by atoms with E-state index in [2.05, 4.69) is 114 Å². The average molecular weight is 569 g/mol. The van der Waals surface area contributed by atoms with Crippen molar-refractivity contribution in [2.45, 2.75) is 0 Å². The summed E-state index contributed by atoms with van der Waals surface area (Å²) >= 11 is 0. The van der Waals surface area contributed by atoms with Gasteiger partial charge in [0.2, 0.25) is 0 Å². The summed E-state index contributed by atoms with van der Waals surface area (Å²) in [6, 6.07) is 52.1. The lowest BCUT2D eigenvalue weighted by molar-refractivity contribution is 0.592. The third-order valence-corrected chi connectivity index (χ3v) is 11.8. The normalized spacial score (nSPS) is 12.3. The number of aromatic nitrogens is 2. The van der Waals surface area contributed by atoms with Crippen LogP contribution >= 0.6 is 7.14 Å². The summed E-state index contributed by atoms with van der Waals surface area (Å²) in [7, 11) is -3.28. The lowest BCUT2D eigenvalue weighted by Gasteiger charge is -2.21. The van der Waals surface area contributed by atoms with Crippen LogP contribution in [0.3, 0.4) is 0 Å². The van der Waals surface area contributed by atoms with Crippen molar-refractivity contribution >= 4 is 83.0 Å². The highest BCUT2D eigenvalue weighted by molar-refractivity contribution is 7.85. The number of nitrogens with zero attached hydrogens (tertiary/aromatic N) is 2. The van der Waals surface area contributed by atoms with Crippen molar-refractivity contribution in [2.75, 3.05) is 0 Å². The van der Waals surface area contributed by atoms with Crippen LogP contribution in [-0.4, -0.2) is 9.38 Å². The Bertz CT molecular complexity index is 2530. The van der Waals surface area contributed by atoms with E-state index in [1.807, 2.05) is 42.5 Å². The minimum atomic E-state index is -3.28. The topological polar surface area (TPSA) is 34.4 Å². The Labute approximate surface area is 248 Å². The molecule has 0 atom stereocenters. The molecular formula is C39H25N2OP. The minimum absolute atomic E-state index is 0.780. The van der Waals surface area contributed by atoms with E-state index in [1.165, 1.54) is 10.8 Å². The quantitative estimate of drug-likeness (QED) is 0.158. The van der Waals surface area contributed by atoms with Gasteiger partial charge in [0.25, 0.3) is 0 Å². The Morgan fingerprint density at radius 1 is 0.442 bits per heavy atom. The zero-order chi connectivity index (χ0) is 28.5. The van der Waals surface area contributed by atoms with Crippen molar-refractivity contribution in [3.63, 3.8) is 0 Å². The highest BCUT2D eigenvalue weighted by atomic mass is 31.2. The summed E-state index contributed by atoms with van der Waals surface area (Å²) in [4.78, 5) is 5.20. The first-order chi connectivity index (χ1) is 21.2. The first-order valence-corrected chi connectivity index (χ1v) is 16.2. The largest absolute Gasteiger partial charge is 0.309 e. The van der Waals surface area contributed by atoms with Gasteiger partial charge in [0.05, 0.1) is 16.6 Å². The second-order valence-corrected chi connectivity index (χ2v) is 13.9. The van der Waals surface area contributed by atoms with Crippen LogP contribution in [0.5, 0.6) is 0 Å². The van der Waals surface area contributed by atoms with Crippen LogP contribution < -0.4 is 15.9 Å². The maximum absolute atomic E-state index is 15.8. The molecule has 43 heavy (non-hydrogen) atoms. The summed E-state index contributed by atoms with van der Waals surface area (Å²) in [5.74, 6) is 0. The van der Waals surface area contributed by atoms with Crippen molar-refractivity contribution in [1.82, 2.24) is 9.38 Å². The van der Waals surface area contributed by atoms with E-state index in [0.29, 0.717) is 0 Å². The molecule has 0 amide bonds. The van der Waals surface area contributed by atoms with Gasteiger partial charge in [-0.2, -0.15) is 0 Å². The maximum Gasteiger partial charge on any atom is 0.171 e. The smallest absolute Gasteiger partial charge is 0.171 e. The number of imidazole rings is 1. The molecule has 9 rings (SSSR count). The number of pyridine rings is 1. The lowest BCUT2D eigenvalue weighted by atomic mass is 10.1. The van der Waals surface area contributed by atoms with Crippen molar-refractivity contribution in [2.24, 2.45) is 0 Å². The van der Waals surface area contributed by atoms with Gasteiger partial charge in [-0.3, -0.25) is 4.40 Å². The van der Waals surface area contributed by atoms with Crippen LogP contribution in [-0.2, 0) is 4.57 Å². The van der Waals surface area contributed by atoms with Gasteiger partial charge in [-0.25, -0.2) is 4.98 Å². The highest BCUT2D eigenvalue weighted by Gasteiger charge is 2.31. The monoisotopic (exact) mass is 568 g/mol. The molecule has 9 aromatic rings. The Morgan fingerprint density at radius 3 is 1.63 bits per heavy atom. The first-order valence-electron chi connectivity index (χ1n) is 14.5. The lowest BCUT2D eigenvalue weighted by Crippen LogP contribution is -2.25. The average Bonchev–Trinajstić information content (AvgIpc) is 3.47. The second-order valence-electron chi connectivity index (χ2n) is 11.2. The summed E-state index contributed by atoms with van der Waals surface area (Å²) in [6.45, 7) is 0. The zero-order valence-electron chi connectivity index (χ0n) is 23.2. The van der Waals surface area contributed by atoms with Crippen LogP contribution in [0.25, 0.3) is 59.9 Å². The third-order valence-electron chi connectivity index (χ3n) is 8.80. The molecule has 0 unspecified atom stereocenters. The number of fused-ring (bicyclic) bond motifs is 10. The van der Waals surface area contributed by atoms with Crippen molar-refractivity contribution in [3.8, 4) is 0 Å². The fraction of sp³-hybridized carbons (Fsp3) is 0. The molecule has 202 valence electrons. The Kier molecular flexibility index (Phi) is 5.17. The molecule has 0 N–H and O–H groups in total. The molecule has 0 bridgehead atoms. The van der Waals surface area contributed by atoms with E-state index in [0.717, 1.165) is 65.0 Å². The fourth-order valence-corrected chi connectivity index (χ4v) is 9.38. The molecule has 0 spiro atoms. The van der Waals surface area contributed by atoms with Crippen LogP contribution in [0, 0.1) is 0 Å². The SMILES string of the molecule is O=P(c1ccc2ccccc2c1)(c1ccc2ccccc2c1)c1ccc2c(c1)nc1c3ccccc3c3ccccc3n21. The molecule has 7 aromatic carbocycles. The predicted molar refractivity (Wildman–Crippen MR) is 182 cm³/mol. The highest BCUT2D eigenvalue weighted by Crippen LogP contribution is 2.44. The summed E-state index contributed by atoms with van der Waals surface area (Å²) in [5, 5.41) is 10.3. The van der Waals surface area contributed by atoms with Gasteiger partial charge < -0.3 is 4.57 Å². The van der Waals surface area contributed by atoms with Gasteiger partial charge >= 0.3 is 0 Å². The Morgan fingerprint density at radius 2 is 0.953 bits per heavy atom. The maximum atomic E-state index is 15.8. The van der Waals surface area contributed by atoms with Gasteiger partial charge in [-0.15, -0.1) is 0 Å². The Hall–Kier alpha value is -5.24. The second kappa shape index (κ2) is 9.13. The zero-order valence-corrected chi connectivity index (χ0v) is 24.1. The van der Waals surface area contributed by atoms with E-state index < -0.39 is 7.14 Å². The van der Waals surface area contributed by atoms with Gasteiger partial charge in [0, 0.05) is 26.7 Å². The molecule has 3 nitrogen and oxygen atoms in total. The number of rotatable bonds is 3. The van der Waals surface area contributed by atoms with E-state index in [4.69, 9.17) is 4.98 Å². The van der Waals surface area contributed by atoms with Gasteiger partial charge in [-0.1, -0.05) is 115 Å². The molecule has 2 heterocycles. The van der Waals surface area contributed by atoms with Crippen LogP contribution in [0.15, 0.2) is 152 Å². The Balaban J connectivity index is 1.36. The van der Waals surface area contributed by atoms with Gasteiger partial charge in [0.1, 0.15) is 5.65 Å². The molecule has 0 aliphatic carbocycles. The van der Waals surface area contributed by atoms with Crippen LogP contribution in [0.1, 0.15) is 0 Å². The van der Waals surface area contributed by atoms with E-state index in [1.54, 1.807) is 0 Å². The molecular weight excluding hydrogens is 543 g/mol. The van der Waals surface area contributed by atoms with Gasteiger partial charge in [0.15, 0.2) is 7.14 Å². The fourth-order valence-electron chi connectivity index (χ4n) is 6.69. The molecule has 0 fully saturated rings. The summed E-state index contributed by atoms with van der Waals surface area (Å²) in [6.07, 6.45) is 0. The molecule has 0 radical (unpaired) electrons. The molecule has 0 saturated carbocycles. The third kappa shape index (κ3) is 3.56. The van der Waals surface area contributed by atoms with E-state index in [9.17, 15) is 0 Å². The number of benzene rings is 7. The predicted octanol–water partition coefficient (Wildman–Crippen LogP) is 8.74. The van der Waals surface area contributed by atoms with Crippen LogP contribution in [0.2, 0.25) is 0 Å². The molecule has 0 aliphatic rings. The van der Waals surface area contributed by atoms with Crippen molar-refractivity contribution in [3.05, 3.63) is 152 Å². The molecule has 4 heteroatoms. The van der Waals surface area contributed by atoms with Gasteiger partial charge in [-0.05, 0) is 63.3 Å². The molecule has 0 saturated heterocycles. The van der Waals surface area contributed by atoms with Crippen molar-refractivity contribution in [1.29, 1.82) is 0 Å². The summed E-state index contributed by atoms with van der Waals surface area (Å²) < 4.78 is 18.0. The number of hydrogen-bond acceptors (Lipinski definition) is 2. The van der Waals surface area contributed by atoms with E-state index in [-0.39, 0.29) is 0 Å². The number of para-hydroxylation sites is 1.